The lowest BCUT2D eigenvalue weighted by molar-refractivity contribution is -0.154. The van der Waals surface area contributed by atoms with E-state index in [-0.39, 0.29) is 24.4 Å². The molecule has 0 radical (unpaired) electrons. The van der Waals surface area contributed by atoms with Crippen molar-refractivity contribution in [3.63, 3.8) is 0 Å². The van der Waals surface area contributed by atoms with Gasteiger partial charge in [-0.05, 0) is 26.8 Å². The number of hydrogen-bond acceptors (Lipinski definition) is 3. The molecule has 2 amide bonds. The minimum Gasteiger partial charge on any atom is -0.332 e. The Hall–Kier alpha value is -1.10. The van der Waals surface area contributed by atoms with Gasteiger partial charge in [0.05, 0.1) is 6.54 Å². The molecule has 2 N–H and O–H groups in total. The van der Waals surface area contributed by atoms with Crippen LogP contribution in [0.5, 0.6) is 0 Å². The molecule has 1 heterocycles. The predicted octanol–water partition coefficient (Wildman–Crippen LogP) is -0.586. The lowest BCUT2D eigenvalue weighted by Crippen LogP contribution is -2.58. The molecular weight excluding hydrogens is 194 g/mol. The average molecular weight is 213 g/mol. The van der Waals surface area contributed by atoms with Crippen LogP contribution >= 0.6 is 0 Å². The molecular formula is C10H19N3O2. The van der Waals surface area contributed by atoms with E-state index in [4.69, 9.17) is 5.73 Å². The van der Waals surface area contributed by atoms with E-state index < -0.39 is 0 Å². The summed E-state index contributed by atoms with van der Waals surface area (Å²) in [6.45, 7) is 5.60. The summed E-state index contributed by atoms with van der Waals surface area (Å²) in [4.78, 5) is 26.7. The molecule has 1 saturated heterocycles. The minimum atomic E-state index is -0.335. The maximum atomic E-state index is 11.8. The monoisotopic (exact) mass is 213 g/mol. The van der Waals surface area contributed by atoms with Crippen LogP contribution in [0, 0.1) is 0 Å². The molecule has 0 saturated carbocycles. The Morgan fingerprint density at radius 1 is 1.47 bits per heavy atom. The maximum absolute atomic E-state index is 11.8. The fraction of sp³-hybridized carbons (Fsp3) is 0.800. The van der Waals surface area contributed by atoms with E-state index in [1.54, 1.807) is 16.7 Å². The van der Waals surface area contributed by atoms with Gasteiger partial charge in [-0.3, -0.25) is 9.59 Å². The van der Waals surface area contributed by atoms with Crippen molar-refractivity contribution in [2.45, 2.75) is 26.3 Å². The fourth-order valence-corrected chi connectivity index (χ4v) is 1.79. The molecule has 0 aromatic heterocycles. The molecule has 1 aliphatic rings. The third-order valence-electron chi connectivity index (χ3n) is 2.77. The Morgan fingerprint density at radius 2 is 2.13 bits per heavy atom. The Kier molecular flexibility index (Phi) is 4.08. The molecule has 0 aromatic rings. The van der Waals surface area contributed by atoms with Crippen molar-refractivity contribution < 1.29 is 9.59 Å². The lowest BCUT2D eigenvalue weighted by atomic mass is 10.1. The Balaban J connectivity index is 2.66. The van der Waals surface area contributed by atoms with E-state index in [1.165, 1.54) is 0 Å². The van der Waals surface area contributed by atoms with Gasteiger partial charge < -0.3 is 15.5 Å². The first-order chi connectivity index (χ1) is 7.11. The van der Waals surface area contributed by atoms with Gasteiger partial charge >= 0.3 is 0 Å². The van der Waals surface area contributed by atoms with Gasteiger partial charge in [0.15, 0.2) is 0 Å². The zero-order valence-corrected chi connectivity index (χ0v) is 9.40. The van der Waals surface area contributed by atoms with Crippen LogP contribution in [0.4, 0.5) is 0 Å². The number of likely N-dealkylation sites (N-methyl/N-ethyl adjacent to an activating group) is 1. The summed E-state index contributed by atoms with van der Waals surface area (Å²) in [6.07, 6.45) is 0.746. The zero-order chi connectivity index (χ0) is 11.4. The largest absolute Gasteiger partial charge is 0.332 e. The Bertz CT molecular complexity index is 255. The first-order valence-electron chi connectivity index (χ1n) is 5.40. The minimum absolute atomic E-state index is 0.0254. The van der Waals surface area contributed by atoms with Crippen LogP contribution in [0.3, 0.4) is 0 Å². The first kappa shape index (κ1) is 12.0. The highest BCUT2D eigenvalue weighted by molar-refractivity contribution is 5.94. The van der Waals surface area contributed by atoms with Gasteiger partial charge in [0.25, 0.3) is 0 Å². The second-order valence-electron chi connectivity index (χ2n) is 3.76. The summed E-state index contributed by atoms with van der Waals surface area (Å²) in [5, 5.41) is 0. The molecule has 1 rings (SSSR count). The molecule has 0 bridgehead atoms. The molecule has 1 unspecified atom stereocenters. The molecule has 15 heavy (non-hydrogen) atoms. The van der Waals surface area contributed by atoms with Crippen molar-refractivity contribution in [1.82, 2.24) is 9.80 Å². The number of nitrogens with two attached hydrogens (primary N) is 1. The summed E-state index contributed by atoms with van der Waals surface area (Å²) in [6, 6.07) is -0.335. The van der Waals surface area contributed by atoms with Crippen LogP contribution in [0.1, 0.15) is 20.3 Å². The van der Waals surface area contributed by atoms with Gasteiger partial charge in [-0.1, -0.05) is 0 Å². The second-order valence-corrected chi connectivity index (χ2v) is 3.76. The summed E-state index contributed by atoms with van der Waals surface area (Å²) < 4.78 is 0. The van der Waals surface area contributed by atoms with Gasteiger partial charge in [0, 0.05) is 13.1 Å². The van der Waals surface area contributed by atoms with Gasteiger partial charge in [0.2, 0.25) is 11.8 Å². The number of piperazine rings is 1. The van der Waals surface area contributed by atoms with Crippen molar-refractivity contribution in [2.24, 2.45) is 5.73 Å². The molecule has 1 atom stereocenters. The maximum Gasteiger partial charge on any atom is 0.245 e. The lowest BCUT2D eigenvalue weighted by Gasteiger charge is -2.38. The second kappa shape index (κ2) is 5.11. The van der Waals surface area contributed by atoms with Crippen LogP contribution in [-0.4, -0.2) is 53.8 Å². The highest BCUT2D eigenvalue weighted by atomic mass is 16.2. The summed E-state index contributed by atoms with van der Waals surface area (Å²) in [5.41, 5.74) is 5.39. The fourth-order valence-electron chi connectivity index (χ4n) is 1.79. The number of carbonyl (C=O) groups is 2. The highest BCUT2D eigenvalue weighted by Gasteiger charge is 2.34. The van der Waals surface area contributed by atoms with Crippen LogP contribution in [0.2, 0.25) is 0 Å². The summed E-state index contributed by atoms with van der Waals surface area (Å²) in [7, 11) is 0. The SMILES string of the molecule is CCN1CC(=O)N(CCCN)C(C)C1=O. The van der Waals surface area contributed by atoms with Crippen molar-refractivity contribution in [3.05, 3.63) is 0 Å². The number of carbonyl (C=O) groups excluding carboxylic acids is 2. The molecule has 5 nitrogen and oxygen atoms in total. The summed E-state index contributed by atoms with van der Waals surface area (Å²) >= 11 is 0. The summed E-state index contributed by atoms with van der Waals surface area (Å²) in [5.74, 6) is 0.0616. The van der Waals surface area contributed by atoms with E-state index in [1.807, 2.05) is 6.92 Å². The molecule has 5 heteroatoms. The molecule has 1 aliphatic heterocycles. The smallest absolute Gasteiger partial charge is 0.245 e. The molecule has 0 spiro atoms. The Morgan fingerprint density at radius 3 is 2.67 bits per heavy atom. The predicted molar refractivity (Wildman–Crippen MR) is 57.1 cm³/mol. The van der Waals surface area contributed by atoms with Crippen LogP contribution in [0.25, 0.3) is 0 Å². The van der Waals surface area contributed by atoms with E-state index in [0.29, 0.717) is 19.6 Å². The van der Waals surface area contributed by atoms with Crippen LogP contribution in [-0.2, 0) is 9.59 Å². The third kappa shape index (κ3) is 2.47. The van der Waals surface area contributed by atoms with E-state index >= 15 is 0 Å². The van der Waals surface area contributed by atoms with Crippen molar-refractivity contribution in [1.29, 1.82) is 0 Å². The normalized spacial score (nSPS) is 22.5. The third-order valence-corrected chi connectivity index (χ3v) is 2.77. The van der Waals surface area contributed by atoms with Gasteiger partial charge in [-0.25, -0.2) is 0 Å². The zero-order valence-electron chi connectivity index (χ0n) is 9.40. The Labute approximate surface area is 90.2 Å². The van der Waals surface area contributed by atoms with Crippen molar-refractivity contribution >= 4 is 11.8 Å². The number of hydrogen-bond donors (Lipinski definition) is 1. The van der Waals surface area contributed by atoms with E-state index in [9.17, 15) is 9.59 Å². The topological polar surface area (TPSA) is 66.6 Å². The standard InChI is InChI=1S/C10H19N3O2/c1-3-12-7-9(14)13(6-4-5-11)8(2)10(12)15/h8H,3-7,11H2,1-2H3. The van der Waals surface area contributed by atoms with E-state index in [2.05, 4.69) is 0 Å². The van der Waals surface area contributed by atoms with Crippen LogP contribution < -0.4 is 5.73 Å². The molecule has 86 valence electrons. The average Bonchev–Trinajstić information content (AvgIpc) is 2.23. The molecule has 0 aromatic carbocycles. The molecule has 1 fully saturated rings. The van der Waals surface area contributed by atoms with Gasteiger partial charge in [-0.2, -0.15) is 0 Å². The number of nitrogens with zero attached hydrogens (tertiary/aromatic N) is 2. The number of amides is 2. The first-order valence-corrected chi connectivity index (χ1v) is 5.40. The van der Waals surface area contributed by atoms with Gasteiger partial charge in [0.1, 0.15) is 6.04 Å². The van der Waals surface area contributed by atoms with Crippen molar-refractivity contribution in [3.8, 4) is 0 Å². The number of rotatable bonds is 4. The van der Waals surface area contributed by atoms with Crippen LogP contribution in [0.15, 0.2) is 0 Å². The highest BCUT2D eigenvalue weighted by Crippen LogP contribution is 2.12. The quantitative estimate of drug-likeness (QED) is 0.679. The van der Waals surface area contributed by atoms with Crippen molar-refractivity contribution in [2.75, 3.05) is 26.2 Å². The molecule has 0 aliphatic carbocycles. The van der Waals surface area contributed by atoms with Gasteiger partial charge in [-0.15, -0.1) is 0 Å². The van der Waals surface area contributed by atoms with E-state index in [0.717, 1.165) is 6.42 Å².